The van der Waals surface area contributed by atoms with Crippen LogP contribution in [-0.4, -0.2) is 34.0 Å². The summed E-state index contributed by atoms with van der Waals surface area (Å²) in [6.45, 7) is 8.02. The van der Waals surface area contributed by atoms with Crippen molar-refractivity contribution in [2.45, 2.75) is 58.4 Å². The number of hydrogen-bond donors (Lipinski definition) is 1. The number of benzene rings is 1. The molecule has 0 atom stereocenters. The smallest absolute Gasteiger partial charge is 0.226 e. The molecule has 1 amide bonds. The van der Waals surface area contributed by atoms with Crippen LogP contribution in [0.2, 0.25) is 0 Å². The molecule has 0 unspecified atom stereocenters. The maximum Gasteiger partial charge on any atom is 0.226 e. The number of aryl methyl sites for hydroxylation is 1. The fraction of sp³-hybridized carbons (Fsp3) is 0.550. The molecule has 150 valence electrons. The Labute approximate surface area is 167 Å². The zero-order valence-electron chi connectivity index (χ0n) is 16.5. The van der Waals surface area contributed by atoms with E-state index in [-0.39, 0.29) is 23.7 Å². The number of rotatable bonds is 9. The summed E-state index contributed by atoms with van der Waals surface area (Å²) >= 11 is 0. The standard InChI is InChI=1S/C20H30N4O2.ClH/c1-20(2,3)19-22-17(26-23-19)11-7-12-18(25)24(14-8-13-21)15-16-9-5-4-6-10-16;/h4-6,9-10H,7-8,11-15,21H2,1-3H3;1H. The van der Waals surface area contributed by atoms with Crippen LogP contribution in [0.15, 0.2) is 34.9 Å². The van der Waals surface area contributed by atoms with Crippen molar-refractivity contribution in [1.82, 2.24) is 15.0 Å². The molecule has 2 aromatic rings. The van der Waals surface area contributed by atoms with Crippen molar-refractivity contribution in [1.29, 1.82) is 0 Å². The van der Waals surface area contributed by atoms with Crippen molar-refractivity contribution in [3.05, 3.63) is 47.6 Å². The maximum absolute atomic E-state index is 12.6. The first kappa shape index (κ1) is 23.1. The molecule has 2 rings (SSSR count). The van der Waals surface area contributed by atoms with Gasteiger partial charge in [0.1, 0.15) is 0 Å². The Morgan fingerprint density at radius 3 is 2.48 bits per heavy atom. The number of amides is 1. The molecule has 1 aromatic carbocycles. The summed E-state index contributed by atoms with van der Waals surface area (Å²) in [5.41, 5.74) is 6.61. The third-order valence-corrected chi connectivity index (χ3v) is 4.12. The summed E-state index contributed by atoms with van der Waals surface area (Å²) in [5.74, 6) is 1.43. The lowest BCUT2D eigenvalue weighted by atomic mass is 9.96. The average molecular weight is 395 g/mol. The van der Waals surface area contributed by atoms with E-state index in [0.717, 1.165) is 12.0 Å². The van der Waals surface area contributed by atoms with Gasteiger partial charge in [-0.15, -0.1) is 12.4 Å². The number of hydrogen-bond acceptors (Lipinski definition) is 5. The molecule has 1 aromatic heterocycles. The van der Waals surface area contributed by atoms with Crippen LogP contribution in [0, 0.1) is 0 Å². The molecule has 0 aliphatic rings. The van der Waals surface area contributed by atoms with E-state index in [2.05, 4.69) is 10.1 Å². The van der Waals surface area contributed by atoms with Crippen LogP contribution in [0.1, 0.15) is 57.3 Å². The Kier molecular flexibility index (Phi) is 9.46. The molecule has 0 spiro atoms. The van der Waals surface area contributed by atoms with E-state index in [1.165, 1.54) is 0 Å². The lowest BCUT2D eigenvalue weighted by Crippen LogP contribution is -2.32. The van der Waals surface area contributed by atoms with Crippen LogP contribution < -0.4 is 5.73 Å². The van der Waals surface area contributed by atoms with Crippen LogP contribution >= 0.6 is 12.4 Å². The van der Waals surface area contributed by atoms with Crippen molar-refractivity contribution in [2.75, 3.05) is 13.1 Å². The molecule has 0 aliphatic heterocycles. The molecule has 0 saturated heterocycles. The third-order valence-electron chi connectivity index (χ3n) is 4.12. The van der Waals surface area contributed by atoms with Crippen molar-refractivity contribution in [3.63, 3.8) is 0 Å². The van der Waals surface area contributed by atoms with Gasteiger partial charge in [0.25, 0.3) is 0 Å². The minimum absolute atomic E-state index is 0. The highest BCUT2D eigenvalue weighted by Crippen LogP contribution is 2.19. The predicted molar refractivity (Wildman–Crippen MR) is 109 cm³/mol. The van der Waals surface area contributed by atoms with Gasteiger partial charge in [-0.1, -0.05) is 56.3 Å². The summed E-state index contributed by atoms with van der Waals surface area (Å²) < 4.78 is 5.29. The topological polar surface area (TPSA) is 85.2 Å². The largest absolute Gasteiger partial charge is 0.339 e. The van der Waals surface area contributed by atoms with Crippen LogP contribution in [-0.2, 0) is 23.2 Å². The van der Waals surface area contributed by atoms with E-state index in [0.29, 0.717) is 50.6 Å². The Balaban J connectivity index is 0.00000364. The van der Waals surface area contributed by atoms with Crippen molar-refractivity contribution >= 4 is 18.3 Å². The van der Waals surface area contributed by atoms with Gasteiger partial charge < -0.3 is 15.2 Å². The van der Waals surface area contributed by atoms with Gasteiger partial charge in [0.2, 0.25) is 11.8 Å². The fourth-order valence-electron chi connectivity index (χ4n) is 2.59. The van der Waals surface area contributed by atoms with Crippen molar-refractivity contribution in [2.24, 2.45) is 5.73 Å². The van der Waals surface area contributed by atoms with Gasteiger partial charge in [-0.2, -0.15) is 4.98 Å². The molecule has 6 nitrogen and oxygen atoms in total. The maximum atomic E-state index is 12.6. The molecule has 0 radical (unpaired) electrons. The zero-order chi connectivity index (χ0) is 19.0. The quantitative estimate of drug-likeness (QED) is 0.703. The van der Waals surface area contributed by atoms with Gasteiger partial charge in [-0.25, -0.2) is 0 Å². The first-order chi connectivity index (χ1) is 12.4. The Morgan fingerprint density at radius 2 is 1.89 bits per heavy atom. The Hall–Kier alpha value is -1.92. The normalized spacial score (nSPS) is 11.1. The number of aromatic nitrogens is 2. The molecule has 2 N–H and O–H groups in total. The monoisotopic (exact) mass is 394 g/mol. The minimum Gasteiger partial charge on any atom is -0.339 e. The predicted octanol–water partition coefficient (Wildman–Crippen LogP) is 3.49. The fourth-order valence-corrected chi connectivity index (χ4v) is 2.59. The number of carbonyl (C=O) groups is 1. The lowest BCUT2D eigenvalue weighted by Gasteiger charge is -2.22. The summed E-state index contributed by atoms with van der Waals surface area (Å²) in [7, 11) is 0. The SMILES string of the molecule is CC(C)(C)c1noc(CCCC(=O)N(CCCN)Cc2ccccc2)n1.Cl. The van der Waals surface area contributed by atoms with Crippen LogP contribution in [0.25, 0.3) is 0 Å². The zero-order valence-corrected chi connectivity index (χ0v) is 17.3. The molecular formula is C20H31ClN4O2. The molecule has 7 heteroatoms. The van der Waals surface area contributed by atoms with Gasteiger partial charge >= 0.3 is 0 Å². The second-order valence-electron chi connectivity index (χ2n) is 7.56. The lowest BCUT2D eigenvalue weighted by molar-refractivity contribution is -0.132. The highest BCUT2D eigenvalue weighted by atomic mass is 35.5. The van der Waals surface area contributed by atoms with Gasteiger partial charge in [0.05, 0.1) is 0 Å². The van der Waals surface area contributed by atoms with Gasteiger partial charge in [-0.3, -0.25) is 4.79 Å². The van der Waals surface area contributed by atoms with Crippen LogP contribution in [0.3, 0.4) is 0 Å². The number of nitrogens with two attached hydrogens (primary N) is 1. The summed E-state index contributed by atoms with van der Waals surface area (Å²) in [6.07, 6.45) is 2.57. The number of nitrogens with zero attached hydrogens (tertiary/aromatic N) is 3. The summed E-state index contributed by atoms with van der Waals surface area (Å²) in [6, 6.07) is 10.0. The second-order valence-corrected chi connectivity index (χ2v) is 7.56. The van der Waals surface area contributed by atoms with Crippen molar-refractivity contribution < 1.29 is 9.32 Å². The van der Waals surface area contributed by atoms with E-state index in [1.807, 2.05) is 56.0 Å². The molecular weight excluding hydrogens is 364 g/mol. The number of carbonyl (C=O) groups excluding carboxylic acids is 1. The molecule has 0 bridgehead atoms. The van der Waals surface area contributed by atoms with E-state index < -0.39 is 0 Å². The number of halogens is 1. The first-order valence-electron chi connectivity index (χ1n) is 9.25. The molecule has 1 heterocycles. The highest BCUT2D eigenvalue weighted by Gasteiger charge is 2.21. The van der Waals surface area contributed by atoms with Crippen LogP contribution in [0.4, 0.5) is 0 Å². The van der Waals surface area contributed by atoms with Gasteiger partial charge in [0.15, 0.2) is 5.82 Å². The molecule has 0 fully saturated rings. The second kappa shape index (κ2) is 11.0. The molecule has 27 heavy (non-hydrogen) atoms. The van der Waals surface area contributed by atoms with E-state index in [4.69, 9.17) is 10.3 Å². The van der Waals surface area contributed by atoms with E-state index in [9.17, 15) is 4.79 Å². The van der Waals surface area contributed by atoms with Crippen molar-refractivity contribution in [3.8, 4) is 0 Å². The molecule has 0 saturated carbocycles. The van der Waals surface area contributed by atoms with E-state index >= 15 is 0 Å². The van der Waals surface area contributed by atoms with Gasteiger partial charge in [0, 0.05) is 31.3 Å². The third kappa shape index (κ3) is 7.69. The van der Waals surface area contributed by atoms with E-state index in [1.54, 1.807) is 0 Å². The minimum atomic E-state index is -0.133. The molecule has 0 aliphatic carbocycles. The Bertz CT molecular complexity index is 683. The Morgan fingerprint density at radius 1 is 1.19 bits per heavy atom. The highest BCUT2D eigenvalue weighted by molar-refractivity contribution is 5.85. The van der Waals surface area contributed by atoms with Gasteiger partial charge in [-0.05, 0) is 24.9 Å². The summed E-state index contributed by atoms with van der Waals surface area (Å²) in [5, 5.41) is 4.02. The summed E-state index contributed by atoms with van der Waals surface area (Å²) in [4.78, 5) is 18.9. The van der Waals surface area contributed by atoms with Crippen LogP contribution in [0.5, 0.6) is 0 Å². The average Bonchev–Trinajstić information content (AvgIpc) is 3.08. The first-order valence-corrected chi connectivity index (χ1v) is 9.25.